The highest BCUT2D eigenvalue weighted by Crippen LogP contribution is 2.23. The molecule has 2 rings (SSSR count). The summed E-state index contributed by atoms with van der Waals surface area (Å²) in [4.78, 5) is 15.7. The molecule has 1 aromatic heterocycles. The fourth-order valence-corrected chi connectivity index (χ4v) is 1.87. The Morgan fingerprint density at radius 2 is 2.05 bits per heavy atom. The first-order chi connectivity index (χ1) is 10.3. The number of aromatic nitrogens is 1. The van der Waals surface area contributed by atoms with Gasteiger partial charge in [0.2, 0.25) is 0 Å². The number of nitrogens with one attached hydrogen (secondary N) is 1. The van der Waals surface area contributed by atoms with Crippen LogP contribution < -0.4 is 10.1 Å². The van der Waals surface area contributed by atoms with Crippen molar-refractivity contribution >= 4 is 21.8 Å². The number of ether oxygens (including phenoxy) is 1. The van der Waals surface area contributed by atoms with E-state index in [9.17, 15) is 4.79 Å². The number of para-hydroxylation sites is 1. The molecular formula is C16H13BrN2O2. The number of hydrogen-bond donors (Lipinski definition) is 1. The fourth-order valence-electron chi connectivity index (χ4n) is 1.47. The lowest BCUT2D eigenvalue weighted by atomic mass is 10.3. The van der Waals surface area contributed by atoms with Crippen LogP contribution in [0.4, 0.5) is 0 Å². The van der Waals surface area contributed by atoms with Crippen molar-refractivity contribution in [3.63, 3.8) is 0 Å². The lowest BCUT2D eigenvalue weighted by Crippen LogP contribution is -2.29. The van der Waals surface area contributed by atoms with Crippen LogP contribution in [0.3, 0.4) is 0 Å². The number of carbonyl (C=O) groups excluding carboxylic acids is 1. The van der Waals surface area contributed by atoms with Crippen molar-refractivity contribution in [1.29, 1.82) is 0 Å². The first-order valence-corrected chi connectivity index (χ1v) is 7.09. The monoisotopic (exact) mass is 344 g/mol. The van der Waals surface area contributed by atoms with Crippen molar-refractivity contribution in [1.82, 2.24) is 10.3 Å². The average Bonchev–Trinajstić information content (AvgIpc) is 2.52. The number of benzene rings is 1. The van der Waals surface area contributed by atoms with E-state index in [4.69, 9.17) is 4.74 Å². The summed E-state index contributed by atoms with van der Waals surface area (Å²) in [5, 5.41) is 2.66. The molecule has 0 aliphatic rings. The van der Waals surface area contributed by atoms with Gasteiger partial charge in [-0.05, 0) is 46.1 Å². The SMILES string of the molecule is O=C(COc1ccccc1Br)NCC#Cc1ccccn1. The van der Waals surface area contributed by atoms with E-state index in [0.717, 1.165) is 4.47 Å². The number of halogens is 1. The molecule has 0 bridgehead atoms. The molecule has 5 heteroatoms. The second-order valence-corrected chi connectivity index (χ2v) is 4.87. The first-order valence-electron chi connectivity index (χ1n) is 6.29. The van der Waals surface area contributed by atoms with E-state index in [-0.39, 0.29) is 19.1 Å². The molecule has 0 saturated carbocycles. The molecule has 4 nitrogen and oxygen atoms in total. The molecular weight excluding hydrogens is 332 g/mol. The molecule has 1 N–H and O–H groups in total. The minimum Gasteiger partial charge on any atom is -0.483 e. The largest absolute Gasteiger partial charge is 0.483 e. The number of carbonyl (C=O) groups is 1. The molecule has 1 heterocycles. The highest BCUT2D eigenvalue weighted by molar-refractivity contribution is 9.10. The van der Waals surface area contributed by atoms with E-state index < -0.39 is 0 Å². The van der Waals surface area contributed by atoms with Crippen molar-refractivity contribution in [2.24, 2.45) is 0 Å². The summed E-state index contributed by atoms with van der Waals surface area (Å²) in [6, 6.07) is 12.9. The Balaban J connectivity index is 1.74. The summed E-state index contributed by atoms with van der Waals surface area (Å²) < 4.78 is 6.21. The van der Waals surface area contributed by atoms with E-state index >= 15 is 0 Å². The van der Waals surface area contributed by atoms with E-state index in [1.54, 1.807) is 12.3 Å². The number of amides is 1. The molecule has 1 amide bonds. The maximum absolute atomic E-state index is 11.6. The Morgan fingerprint density at radius 1 is 1.24 bits per heavy atom. The average molecular weight is 345 g/mol. The molecule has 1 aromatic carbocycles. The topological polar surface area (TPSA) is 51.2 Å². The Labute approximate surface area is 131 Å². The van der Waals surface area contributed by atoms with Crippen LogP contribution in [-0.2, 0) is 4.79 Å². The number of hydrogen-bond acceptors (Lipinski definition) is 3. The van der Waals surface area contributed by atoms with Crippen molar-refractivity contribution in [2.75, 3.05) is 13.2 Å². The minimum absolute atomic E-state index is 0.0477. The summed E-state index contributed by atoms with van der Waals surface area (Å²) in [6.45, 7) is 0.211. The maximum atomic E-state index is 11.6. The van der Waals surface area contributed by atoms with Gasteiger partial charge in [0.15, 0.2) is 6.61 Å². The van der Waals surface area contributed by atoms with Gasteiger partial charge in [0.1, 0.15) is 11.4 Å². The minimum atomic E-state index is -0.221. The Bertz CT molecular complexity index is 663. The fraction of sp³-hybridized carbons (Fsp3) is 0.125. The van der Waals surface area contributed by atoms with Crippen molar-refractivity contribution in [3.05, 3.63) is 58.8 Å². The zero-order chi connectivity index (χ0) is 14.9. The van der Waals surface area contributed by atoms with E-state index in [2.05, 4.69) is 38.1 Å². The predicted octanol–water partition coefficient (Wildman–Crippen LogP) is 2.39. The van der Waals surface area contributed by atoms with Crippen LogP contribution in [0.15, 0.2) is 53.1 Å². The Morgan fingerprint density at radius 3 is 2.81 bits per heavy atom. The number of nitrogens with zero attached hydrogens (tertiary/aromatic N) is 1. The van der Waals surface area contributed by atoms with Crippen LogP contribution in [0.2, 0.25) is 0 Å². The van der Waals surface area contributed by atoms with Gasteiger partial charge in [0.25, 0.3) is 5.91 Å². The third kappa shape index (κ3) is 5.28. The maximum Gasteiger partial charge on any atom is 0.258 e. The first kappa shape index (κ1) is 15.1. The summed E-state index contributed by atoms with van der Waals surface area (Å²) in [5.41, 5.74) is 0.677. The van der Waals surface area contributed by atoms with Crippen molar-refractivity contribution in [3.8, 4) is 17.6 Å². The molecule has 0 spiro atoms. The van der Waals surface area contributed by atoms with Crippen LogP contribution >= 0.6 is 15.9 Å². The number of rotatable bonds is 4. The van der Waals surface area contributed by atoms with Gasteiger partial charge in [-0.15, -0.1) is 0 Å². The van der Waals surface area contributed by atoms with Gasteiger partial charge in [-0.2, -0.15) is 0 Å². The highest BCUT2D eigenvalue weighted by atomic mass is 79.9. The van der Waals surface area contributed by atoms with Crippen LogP contribution in [0.25, 0.3) is 0 Å². The molecule has 0 aliphatic heterocycles. The molecule has 21 heavy (non-hydrogen) atoms. The lowest BCUT2D eigenvalue weighted by molar-refractivity contribution is -0.122. The van der Waals surface area contributed by atoms with Gasteiger partial charge in [-0.3, -0.25) is 4.79 Å². The van der Waals surface area contributed by atoms with Gasteiger partial charge in [0.05, 0.1) is 11.0 Å². The van der Waals surface area contributed by atoms with E-state index in [1.165, 1.54) is 0 Å². The van der Waals surface area contributed by atoms with E-state index in [0.29, 0.717) is 11.4 Å². The van der Waals surface area contributed by atoms with Crippen molar-refractivity contribution < 1.29 is 9.53 Å². The summed E-state index contributed by atoms with van der Waals surface area (Å²) >= 11 is 3.35. The number of pyridine rings is 1. The molecule has 106 valence electrons. The standard InChI is InChI=1S/C16H13BrN2O2/c17-14-8-1-2-9-15(14)21-12-16(20)19-11-5-7-13-6-3-4-10-18-13/h1-4,6,8-10H,11-12H2,(H,19,20). The van der Waals surface area contributed by atoms with Crippen LogP contribution in [0.1, 0.15) is 5.69 Å². The quantitative estimate of drug-likeness (QED) is 0.866. The molecule has 0 fully saturated rings. The zero-order valence-electron chi connectivity index (χ0n) is 11.2. The third-order valence-electron chi connectivity index (χ3n) is 2.45. The predicted molar refractivity (Wildman–Crippen MR) is 83.8 cm³/mol. The summed E-state index contributed by atoms with van der Waals surface area (Å²) in [6.07, 6.45) is 1.67. The normalized spacial score (nSPS) is 9.38. The highest BCUT2D eigenvalue weighted by Gasteiger charge is 2.03. The molecule has 0 radical (unpaired) electrons. The Kier molecular flexibility index (Phi) is 5.80. The van der Waals surface area contributed by atoms with Crippen LogP contribution in [0, 0.1) is 11.8 Å². The van der Waals surface area contributed by atoms with Crippen molar-refractivity contribution in [2.45, 2.75) is 0 Å². The van der Waals surface area contributed by atoms with E-state index in [1.807, 2.05) is 36.4 Å². The molecule has 0 atom stereocenters. The van der Waals surface area contributed by atoms with Crippen LogP contribution in [0.5, 0.6) is 5.75 Å². The molecule has 0 saturated heterocycles. The van der Waals surface area contributed by atoms with Crippen LogP contribution in [-0.4, -0.2) is 24.0 Å². The third-order valence-corrected chi connectivity index (χ3v) is 3.11. The Hall–Kier alpha value is -2.32. The summed E-state index contributed by atoms with van der Waals surface area (Å²) in [7, 11) is 0. The molecule has 0 aliphatic carbocycles. The van der Waals surface area contributed by atoms with Gasteiger partial charge in [-0.25, -0.2) is 4.98 Å². The van der Waals surface area contributed by atoms with Gasteiger partial charge < -0.3 is 10.1 Å². The van der Waals surface area contributed by atoms with Gasteiger partial charge >= 0.3 is 0 Å². The smallest absolute Gasteiger partial charge is 0.258 e. The lowest BCUT2D eigenvalue weighted by Gasteiger charge is -2.07. The summed E-state index contributed by atoms with van der Waals surface area (Å²) in [5.74, 6) is 6.10. The van der Waals surface area contributed by atoms with Gasteiger partial charge in [-0.1, -0.05) is 24.1 Å². The second-order valence-electron chi connectivity index (χ2n) is 4.01. The second kappa shape index (κ2) is 8.08. The van der Waals surface area contributed by atoms with Gasteiger partial charge in [0, 0.05) is 6.20 Å². The molecule has 0 unspecified atom stereocenters. The molecule has 2 aromatic rings. The zero-order valence-corrected chi connectivity index (χ0v) is 12.8.